The van der Waals surface area contributed by atoms with Crippen molar-refractivity contribution < 1.29 is 4.79 Å². The molecule has 0 saturated heterocycles. The molecule has 132 valence electrons. The Kier molecular flexibility index (Phi) is 6.43. The highest BCUT2D eigenvalue weighted by Gasteiger charge is 2.20. The molecule has 3 rings (SSSR count). The molecule has 0 spiro atoms. The number of carbonyl (C=O) groups is 1. The Morgan fingerprint density at radius 2 is 1.80 bits per heavy atom. The number of carbonyl (C=O) groups excluding carboxylic acids is 1. The third-order valence-electron chi connectivity index (χ3n) is 4.83. The van der Waals surface area contributed by atoms with Gasteiger partial charge in [-0.2, -0.15) is 0 Å². The van der Waals surface area contributed by atoms with Gasteiger partial charge in [-0.15, -0.1) is 0 Å². The number of urea groups is 1. The lowest BCUT2D eigenvalue weighted by molar-refractivity contribution is 0.188. The second-order valence-electron chi connectivity index (χ2n) is 6.80. The summed E-state index contributed by atoms with van der Waals surface area (Å²) in [6.07, 6.45) is 10.4. The first-order chi connectivity index (χ1) is 12.3. The van der Waals surface area contributed by atoms with E-state index >= 15 is 0 Å². The molecule has 1 aromatic carbocycles. The van der Waals surface area contributed by atoms with E-state index in [1.165, 1.54) is 24.8 Å². The van der Waals surface area contributed by atoms with Gasteiger partial charge in [0.1, 0.15) is 0 Å². The lowest BCUT2D eigenvalue weighted by Crippen LogP contribution is -2.45. The molecule has 25 heavy (non-hydrogen) atoms. The Morgan fingerprint density at radius 1 is 1.04 bits per heavy atom. The van der Waals surface area contributed by atoms with Crippen molar-refractivity contribution in [3.8, 4) is 0 Å². The summed E-state index contributed by atoms with van der Waals surface area (Å²) in [6.45, 7) is 1.30. The molecule has 1 heterocycles. The number of rotatable bonds is 6. The van der Waals surface area contributed by atoms with Crippen LogP contribution in [0.25, 0.3) is 0 Å². The van der Waals surface area contributed by atoms with Crippen LogP contribution in [0.1, 0.15) is 43.2 Å². The first-order valence-electron chi connectivity index (χ1n) is 9.29. The van der Waals surface area contributed by atoms with Crippen molar-refractivity contribution in [2.45, 2.75) is 51.1 Å². The van der Waals surface area contributed by atoms with Gasteiger partial charge in [0, 0.05) is 31.5 Å². The molecular weight excluding hydrogens is 310 g/mol. The van der Waals surface area contributed by atoms with E-state index in [0.29, 0.717) is 19.1 Å². The van der Waals surface area contributed by atoms with E-state index in [1.54, 1.807) is 6.20 Å². The van der Waals surface area contributed by atoms with E-state index in [2.05, 4.69) is 22.4 Å². The smallest absolute Gasteiger partial charge is 0.317 e. The lowest BCUT2D eigenvalue weighted by Gasteiger charge is -2.28. The van der Waals surface area contributed by atoms with Crippen LogP contribution in [0.15, 0.2) is 54.9 Å². The van der Waals surface area contributed by atoms with Crippen LogP contribution in [0.4, 0.5) is 4.79 Å². The average molecular weight is 337 g/mol. The first kappa shape index (κ1) is 17.5. The van der Waals surface area contributed by atoms with Crippen molar-refractivity contribution in [3.05, 3.63) is 66.0 Å². The van der Waals surface area contributed by atoms with Crippen molar-refractivity contribution in [2.75, 3.05) is 6.54 Å². The van der Waals surface area contributed by atoms with Crippen molar-refractivity contribution in [1.82, 2.24) is 15.2 Å². The Hall–Kier alpha value is -2.36. The minimum absolute atomic E-state index is 0.0479. The van der Waals surface area contributed by atoms with Crippen molar-refractivity contribution in [3.63, 3.8) is 0 Å². The Morgan fingerprint density at radius 3 is 2.52 bits per heavy atom. The number of nitrogens with one attached hydrogen (secondary N) is 1. The fourth-order valence-electron chi connectivity index (χ4n) is 3.39. The highest BCUT2D eigenvalue weighted by atomic mass is 16.2. The number of benzene rings is 1. The molecule has 2 aromatic rings. The molecule has 1 saturated carbocycles. The van der Waals surface area contributed by atoms with E-state index in [9.17, 15) is 4.79 Å². The predicted molar refractivity (Wildman–Crippen MR) is 100 cm³/mol. The summed E-state index contributed by atoms with van der Waals surface area (Å²) in [4.78, 5) is 18.9. The highest BCUT2D eigenvalue weighted by Crippen LogP contribution is 2.18. The summed E-state index contributed by atoms with van der Waals surface area (Å²) in [5.41, 5.74) is 2.32. The third kappa shape index (κ3) is 5.59. The normalized spacial score (nSPS) is 14.9. The number of pyridine rings is 1. The molecule has 1 aliphatic rings. The van der Waals surface area contributed by atoms with Gasteiger partial charge in [0.15, 0.2) is 0 Å². The van der Waals surface area contributed by atoms with Gasteiger partial charge in [-0.3, -0.25) is 4.98 Å². The van der Waals surface area contributed by atoms with Crippen molar-refractivity contribution >= 4 is 6.03 Å². The third-order valence-corrected chi connectivity index (χ3v) is 4.83. The topological polar surface area (TPSA) is 45.2 Å². The fraction of sp³-hybridized carbons (Fsp3) is 0.429. The molecule has 0 atom stereocenters. The van der Waals surface area contributed by atoms with E-state index in [0.717, 1.165) is 24.8 Å². The number of nitrogens with zero attached hydrogens (tertiary/aromatic N) is 2. The number of amides is 2. The van der Waals surface area contributed by atoms with Crippen LogP contribution in [0, 0.1) is 0 Å². The standard InChI is InChI=1S/C21H27N3O/c25-21(23-20-11-5-2-6-12-20)24(17-19-10-7-14-22-16-19)15-13-18-8-3-1-4-9-18/h1,3-4,7-10,14,16,20H,2,5-6,11-13,15,17H2,(H,23,25). The molecule has 0 bridgehead atoms. The zero-order valence-corrected chi connectivity index (χ0v) is 14.7. The SMILES string of the molecule is O=C(NC1CCCCC1)N(CCc1ccccc1)Cc1cccnc1. The molecule has 1 fully saturated rings. The van der Waals surface area contributed by atoms with Gasteiger partial charge >= 0.3 is 6.03 Å². The van der Waals surface area contributed by atoms with Crippen LogP contribution in [0.2, 0.25) is 0 Å². The molecule has 1 aromatic heterocycles. The van der Waals surface area contributed by atoms with Gasteiger partial charge in [0.2, 0.25) is 0 Å². The lowest BCUT2D eigenvalue weighted by atomic mass is 9.96. The number of aromatic nitrogens is 1. The molecule has 1 aliphatic carbocycles. The largest absolute Gasteiger partial charge is 0.335 e. The van der Waals surface area contributed by atoms with E-state index < -0.39 is 0 Å². The van der Waals surface area contributed by atoms with E-state index in [-0.39, 0.29) is 6.03 Å². The van der Waals surface area contributed by atoms with Crippen LogP contribution in [-0.4, -0.2) is 28.5 Å². The van der Waals surface area contributed by atoms with Crippen LogP contribution >= 0.6 is 0 Å². The molecule has 4 nitrogen and oxygen atoms in total. The molecule has 0 aliphatic heterocycles. The van der Waals surface area contributed by atoms with Crippen molar-refractivity contribution in [2.24, 2.45) is 0 Å². The van der Waals surface area contributed by atoms with Crippen LogP contribution < -0.4 is 5.32 Å². The van der Waals surface area contributed by atoms with Gasteiger partial charge in [0.25, 0.3) is 0 Å². The molecule has 2 amide bonds. The zero-order chi connectivity index (χ0) is 17.3. The maximum Gasteiger partial charge on any atom is 0.317 e. The quantitative estimate of drug-likeness (QED) is 0.860. The van der Waals surface area contributed by atoms with Crippen LogP contribution in [-0.2, 0) is 13.0 Å². The van der Waals surface area contributed by atoms with E-state index in [4.69, 9.17) is 0 Å². The second-order valence-corrected chi connectivity index (χ2v) is 6.80. The molecule has 4 heteroatoms. The van der Waals surface area contributed by atoms with Gasteiger partial charge in [-0.05, 0) is 36.5 Å². The summed E-state index contributed by atoms with van der Waals surface area (Å²) in [5.74, 6) is 0. The second kappa shape index (κ2) is 9.21. The highest BCUT2D eigenvalue weighted by molar-refractivity contribution is 5.74. The van der Waals surface area contributed by atoms with Gasteiger partial charge in [0.05, 0.1) is 0 Å². The maximum atomic E-state index is 12.8. The maximum absolute atomic E-state index is 12.8. The zero-order valence-electron chi connectivity index (χ0n) is 14.7. The molecule has 0 unspecified atom stereocenters. The summed E-state index contributed by atoms with van der Waals surface area (Å²) >= 11 is 0. The Labute approximate surface area is 150 Å². The van der Waals surface area contributed by atoms with E-state index in [1.807, 2.05) is 41.4 Å². The first-order valence-corrected chi connectivity index (χ1v) is 9.29. The summed E-state index contributed by atoms with van der Waals surface area (Å²) in [6, 6.07) is 14.7. The minimum atomic E-state index is 0.0479. The summed E-state index contributed by atoms with van der Waals surface area (Å²) < 4.78 is 0. The van der Waals surface area contributed by atoms with Crippen molar-refractivity contribution in [1.29, 1.82) is 0 Å². The summed E-state index contributed by atoms with van der Waals surface area (Å²) in [5, 5.41) is 3.24. The average Bonchev–Trinajstić information content (AvgIpc) is 2.67. The molecular formula is C21H27N3O. The number of hydrogen-bond donors (Lipinski definition) is 1. The van der Waals surface area contributed by atoms with Crippen LogP contribution in [0.5, 0.6) is 0 Å². The van der Waals surface area contributed by atoms with Gasteiger partial charge in [-0.25, -0.2) is 4.79 Å². The number of hydrogen-bond acceptors (Lipinski definition) is 2. The minimum Gasteiger partial charge on any atom is -0.335 e. The van der Waals surface area contributed by atoms with Crippen LogP contribution in [0.3, 0.4) is 0 Å². The Balaban J connectivity index is 1.63. The monoisotopic (exact) mass is 337 g/mol. The Bertz CT molecular complexity index is 639. The predicted octanol–water partition coefficient (Wildman–Crippen LogP) is 4.17. The molecule has 0 radical (unpaired) electrons. The summed E-state index contributed by atoms with van der Waals surface area (Å²) in [7, 11) is 0. The van der Waals surface area contributed by atoms with Gasteiger partial charge in [-0.1, -0.05) is 55.7 Å². The fourth-order valence-corrected chi connectivity index (χ4v) is 3.39. The van der Waals surface area contributed by atoms with Gasteiger partial charge < -0.3 is 10.2 Å². The molecule has 1 N–H and O–H groups in total.